The number of imidazole rings is 1. The van der Waals surface area contributed by atoms with Gasteiger partial charge in [-0.2, -0.15) is 5.26 Å². The third-order valence-electron chi connectivity index (χ3n) is 5.73. The lowest BCUT2D eigenvalue weighted by Gasteiger charge is -2.22. The SMILES string of the molecule is CCOC(=O)CCN(C(=O)c1ccc2c(c1)nc(CSc1ccc(C#N)cc1)n2C)c1ccccc1. The summed E-state index contributed by atoms with van der Waals surface area (Å²) in [5.74, 6) is 0.990. The smallest absolute Gasteiger partial charge is 0.307 e. The van der Waals surface area contributed by atoms with Gasteiger partial charge in [0.25, 0.3) is 5.91 Å². The van der Waals surface area contributed by atoms with Gasteiger partial charge in [0.1, 0.15) is 5.82 Å². The number of anilines is 1. The maximum Gasteiger partial charge on any atom is 0.307 e. The number of para-hydroxylation sites is 1. The summed E-state index contributed by atoms with van der Waals surface area (Å²) in [4.78, 5) is 32.9. The van der Waals surface area contributed by atoms with Gasteiger partial charge >= 0.3 is 5.97 Å². The lowest BCUT2D eigenvalue weighted by molar-refractivity contribution is -0.142. The second kappa shape index (κ2) is 11.6. The first-order valence-electron chi connectivity index (χ1n) is 11.6. The molecule has 8 heteroatoms. The highest BCUT2D eigenvalue weighted by Crippen LogP contribution is 2.26. The average molecular weight is 499 g/mol. The van der Waals surface area contributed by atoms with E-state index >= 15 is 0 Å². The Morgan fingerprint density at radius 1 is 1.08 bits per heavy atom. The number of hydrogen-bond donors (Lipinski definition) is 0. The van der Waals surface area contributed by atoms with Gasteiger partial charge in [0.15, 0.2) is 0 Å². The molecule has 0 radical (unpaired) electrons. The number of fused-ring (bicyclic) bond motifs is 1. The van der Waals surface area contributed by atoms with Crippen LogP contribution in [0.1, 0.15) is 35.1 Å². The molecule has 0 aliphatic heterocycles. The summed E-state index contributed by atoms with van der Waals surface area (Å²) in [6, 6.07) is 24.4. The second-order valence-corrected chi connectivity index (χ2v) is 9.11. The number of hydrogen-bond acceptors (Lipinski definition) is 6. The fourth-order valence-corrected chi connectivity index (χ4v) is 4.72. The third kappa shape index (κ3) is 5.75. The van der Waals surface area contributed by atoms with Crippen molar-refractivity contribution in [1.29, 1.82) is 5.26 Å². The number of nitrogens with zero attached hydrogens (tertiary/aromatic N) is 4. The van der Waals surface area contributed by atoms with E-state index in [1.54, 1.807) is 47.9 Å². The van der Waals surface area contributed by atoms with Crippen LogP contribution in [-0.4, -0.2) is 34.6 Å². The van der Waals surface area contributed by atoms with Gasteiger partial charge in [-0.05, 0) is 61.5 Å². The predicted molar refractivity (Wildman–Crippen MR) is 141 cm³/mol. The van der Waals surface area contributed by atoms with E-state index in [2.05, 4.69) is 6.07 Å². The van der Waals surface area contributed by atoms with Crippen molar-refractivity contribution in [3.8, 4) is 6.07 Å². The summed E-state index contributed by atoms with van der Waals surface area (Å²) >= 11 is 1.64. The minimum absolute atomic E-state index is 0.108. The largest absolute Gasteiger partial charge is 0.466 e. The molecule has 4 aromatic rings. The van der Waals surface area contributed by atoms with Crippen molar-refractivity contribution in [2.45, 2.75) is 24.0 Å². The molecule has 4 rings (SSSR count). The first-order valence-corrected chi connectivity index (χ1v) is 12.6. The van der Waals surface area contributed by atoms with Gasteiger partial charge in [0.2, 0.25) is 0 Å². The highest BCUT2D eigenvalue weighted by molar-refractivity contribution is 7.98. The number of aromatic nitrogens is 2. The van der Waals surface area contributed by atoms with E-state index in [-0.39, 0.29) is 24.8 Å². The van der Waals surface area contributed by atoms with Crippen LogP contribution in [0.15, 0.2) is 77.7 Å². The van der Waals surface area contributed by atoms with Gasteiger partial charge < -0.3 is 14.2 Å². The molecule has 0 saturated heterocycles. The summed E-state index contributed by atoms with van der Waals surface area (Å²) in [7, 11) is 1.96. The third-order valence-corrected chi connectivity index (χ3v) is 6.74. The molecule has 0 atom stereocenters. The van der Waals surface area contributed by atoms with Crippen LogP contribution < -0.4 is 4.90 Å². The monoisotopic (exact) mass is 498 g/mol. The molecular formula is C28H26N4O3S. The number of thioether (sulfide) groups is 1. The van der Waals surface area contributed by atoms with Crippen LogP contribution >= 0.6 is 11.8 Å². The number of carbonyl (C=O) groups excluding carboxylic acids is 2. The van der Waals surface area contributed by atoms with Crippen LogP contribution in [0.25, 0.3) is 11.0 Å². The van der Waals surface area contributed by atoms with Gasteiger partial charge in [0.05, 0.1) is 41.4 Å². The van der Waals surface area contributed by atoms with Crippen LogP contribution in [0, 0.1) is 11.3 Å². The zero-order valence-corrected chi connectivity index (χ0v) is 21.0. The Balaban J connectivity index is 1.55. The Hall–Kier alpha value is -4.09. The molecular weight excluding hydrogens is 472 g/mol. The van der Waals surface area contributed by atoms with E-state index in [1.807, 2.05) is 60.1 Å². The Kier molecular flexibility index (Phi) is 8.03. The van der Waals surface area contributed by atoms with E-state index in [0.29, 0.717) is 29.2 Å². The van der Waals surface area contributed by atoms with Crippen molar-refractivity contribution in [2.75, 3.05) is 18.1 Å². The van der Waals surface area contributed by atoms with Crippen molar-refractivity contribution in [1.82, 2.24) is 9.55 Å². The standard InChI is InChI=1S/C28H26N4O3S/c1-3-35-27(33)15-16-32(22-7-5-4-6-8-22)28(34)21-11-14-25-24(17-21)30-26(31(25)2)19-36-23-12-9-20(18-29)10-13-23/h4-14,17H,3,15-16,19H2,1-2H3. The summed E-state index contributed by atoms with van der Waals surface area (Å²) < 4.78 is 7.07. The summed E-state index contributed by atoms with van der Waals surface area (Å²) in [6.07, 6.45) is 0.108. The van der Waals surface area contributed by atoms with Crippen LogP contribution in [0.5, 0.6) is 0 Å². The summed E-state index contributed by atoms with van der Waals surface area (Å²) in [5.41, 5.74) is 3.51. The highest BCUT2D eigenvalue weighted by Gasteiger charge is 2.20. The van der Waals surface area contributed by atoms with Crippen LogP contribution in [0.2, 0.25) is 0 Å². The van der Waals surface area contributed by atoms with Gasteiger partial charge in [-0.1, -0.05) is 18.2 Å². The molecule has 0 spiro atoms. The molecule has 0 fully saturated rings. The van der Waals surface area contributed by atoms with E-state index < -0.39 is 0 Å². The number of esters is 1. The normalized spacial score (nSPS) is 10.7. The van der Waals surface area contributed by atoms with E-state index in [1.165, 1.54) is 0 Å². The predicted octanol–water partition coefficient (Wildman–Crippen LogP) is 5.34. The summed E-state index contributed by atoms with van der Waals surface area (Å²) in [5, 5.41) is 8.97. The molecule has 1 heterocycles. The summed E-state index contributed by atoms with van der Waals surface area (Å²) in [6.45, 7) is 2.28. The molecule has 0 aliphatic rings. The number of benzene rings is 3. The average Bonchev–Trinajstić information content (AvgIpc) is 3.23. The van der Waals surface area contributed by atoms with Gasteiger partial charge in [0, 0.05) is 29.7 Å². The molecule has 1 aromatic heterocycles. The molecule has 0 aliphatic carbocycles. The fourth-order valence-electron chi connectivity index (χ4n) is 3.83. The van der Waals surface area contributed by atoms with E-state index in [0.717, 1.165) is 21.8 Å². The molecule has 1 amide bonds. The van der Waals surface area contributed by atoms with Crippen molar-refractivity contribution in [2.24, 2.45) is 7.05 Å². The molecule has 7 nitrogen and oxygen atoms in total. The molecule has 36 heavy (non-hydrogen) atoms. The quantitative estimate of drug-likeness (QED) is 0.229. The van der Waals surface area contributed by atoms with E-state index in [9.17, 15) is 9.59 Å². The van der Waals surface area contributed by atoms with Crippen LogP contribution in [-0.2, 0) is 22.3 Å². The first kappa shape index (κ1) is 25.0. The van der Waals surface area contributed by atoms with Gasteiger partial charge in [-0.15, -0.1) is 11.8 Å². The Bertz CT molecular complexity index is 1410. The van der Waals surface area contributed by atoms with Gasteiger partial charge in [-0.3, -0.25) is 9.59 Å². The van der Waals surface area contributed by atoms with Crippen molar-refractivity contribution in [3.05, 3.63) is 89.7 Å². The number of carbonyl (C=O) groups is 2. The highest BCUT2D eigenvalue weighted by atomic mass is 32.2. The number of ether oxygens (including phenoxy) is 1. The van der Waals surface area contributed by atoms with Crippen molar-refractivity contribution >= 4 is 40.4 Å². The van der Waals surface area contributed by atoms with Crippen LogP contribution in [0.4, 0.5) is 5.69 Å². The minimum atomic E-state index is -0.337. The maximum atomic E-state index is 13.5. The van der Waals surface area contributed by atoms with Crippen molar-refractivity contribution in [3.63, 3.8) is 0 Å². The molecule has 3 aromatic carbocycles. The lowest BCUT2D eigenvalue weighted by Crippen LogP contribution is -2.33. The molecule has 0 unspecified atom stereocenters. The molecule has 0 N–H and O–H groups in total. The number of aryl methyl sites for hydroxylation is 1. The fraction of sp³-hybridized carbons (Fsp3) is 0.214. The topological polar surface area (TPSA) is 88.2 Å². The molecule has 0 saturated carbocycles. The zero-order valence-electron chi connectivity index (χ0n) is 20.2. The Morgan fingerprint density at radius 2 is 1.83 bits per heavy atom. The Labute approximate surface area is 214 Å². The maximum absolute atomic E-state index is 13.5. The number of rotatable bonds is 9. The van der Waals surface area contributed by atoms with Crippen molar-refractivity contribution < 1.29 is 14.3 Å². The second-order valence-electron chi connectivity index (χ2n) is 8.06. The number of nitriles is 1. The molecule has 182 valence electrons. The number of amides is 1. The van der Waals surface area contributed by atoms with E-state index in [4.69, 9.17) is 15.0 Å². The minimum Gasteiger partial charge on any atom is -0.466 e. The van der Waals surface area contributed by atoms with Crippen LogP contribution in [0.3, 0.4) is 0 Å². The Morgan fingerprint density at radius 3 is 2.53 bits per heavy atom. The van der Waals surface area contributed by atoms with Gasteiger partial charge in [-0.25, -0.2) is 4.98 Å². The lowest BCUT2D eigenvalue weighted by atomic mass is 10.1. The zero-order chi connectivity index (χ0) is 25.5. The first-order chi connectivity index (χ1) is 17.5. The molecule has 0 bridgehead atoms.